The zero-order chi connectivity index (χ0) is 14.7. The summed E-state index contributed by atoms with van der Waals surface area (Å²) in [6, 6.07) is 0. The number of rotatable bonds is 5. The summed E-state index contributed by atoms with van der Waals surface area (Å²) in [5.41, 5.74) is 1.18. The first-order valence-electron chi connectivity index (χ1n) is 6.01. The first-order chi connectivity index (χ1) is 9.47. The van der Waals surface area contributed by atoms with E-state index >= 15 is 0 Å². The SMILES string of the molecule is Cc1nn(C)cc1C(=O)NCCn1cnc(C(=O)O)c1. The molecule has 0 aromatic carbocycles. The Labute approximate surface area is 115 Å². The lowest BCUT2D eigenvalue weighted by Crippen LogP contribution is -2.27. The molecule has 0 bridgehead atoms. The third-order valence-corrected chi connectivity index (χ3v) is 2.77. The van der Waals surface area contributed by atoms with E-state index in [1.165, 1.54) is 12.5 Å². The number of carbonyl (C=O) groups excluding carboxylic acids is 1. The van der Waals surface area contributed by atoms with Crippen LogP contribution in [-0.2, 0) is 13.6 Å². The first kappa shape index (κ1) is 13.8. The van der Waals surface area contributed by atoms with Gasteiger partial charge in [0.1, 0.15) is 0 Å². The summed E-state index contributed by atoms with van der Waals surface area (Å²) < 4.78 is 3.19. The number of hydrogen-bond donors (Lipinski definition) is 2. The number of imidazole rings is 1. The van der Waals surface area contributed by atoms with Crippen molar-refractivity contribution in [2.24, 2.45) is 7.05 Å². The molecule has 0 atom stereocenters. The van der Waals surface area contributed by atoms with Gasteiger partial charge in [-0.15, -0.1) is 0 Å². The van der Waals surface area contributed by atoms with Crippen molar-refractivity contribution in [1.29, 1.82) is 0 Å². The Morgan fingerprint density at radius 3 is 2.70 bits per heavy atom. The fraction of sp³-hybridized carbons (Fsp3) is 0.333. The Morgan fingerprint density at radius 2 is 2.15 bits per heavy atom. The second-order valence-corrected chi connectivity index (χ2v) is 4.36. The van der Waals surface area contributed by atoms with Gasteiger partial charge in [-0.05, 0) is 6.92 Å². The smallest absolute Gasteiger partial charge is 0.356 e. The van der Waals surface area contributed by atoms with E-state index < -0.39 is 5.97 Å². The molecular weight excluding hydrogens is 262 g/mol. The zero-order valence-corrected chi connectivity index (χ0v) is 11.2. The van der Waals surface area contributed by atoms with Gasteiger partial charge in [-0.1, -0.05) is 0 Å². The summed E-state index contributed by atoms with van der Waals surface area (Å²) in [7, 11) is 1.75. The summed E-state index contributed by atoms with van der Waals surface area (Å²) in [6.07, 6.45) is 4.50. The number of aryl methyl sites for hydroxylation is 2. The van der Waals surface area contributed by atoms with Crippen LogP contribution in [0.15, 0.2) is 18.7 Å². The lowest BCUT2D eigenvalue weighted by Gasteiger charge is -2.04. The van der Waals surface area contributed by atoms with E-state index in [9.17, 15) is 9.59 Å². The van der Waals surface area contributed by atoms with Gasteiger partial charge in [-0.3, -0.25) is 9.48 Å². The van der Waals surface area contributed by atoms with Crippen LogP contribution in [0.4, 0.5) is 0 Å². The van der Waals surface area contributed by atoms with Crippen LogP contribution >= 0.6 is 0 Å². The maximum absolute atomic E-state index is 11.9. The van der Waals surface area contributed by atoms with Gasteiger partial charge in [0.05, 0.1) is 17.6 Å². The van der Waals surface area contributed by atoms with Crippen LogP contribution in [0, 0.1) is 6.92 Å². The average Bonchev–Trinajstić information content (AvgIpc) is 2.96. The first-order valence-corrected chi connectivity index (χ1v) is 6.01. The number of carboxylic acids is 1. The molecule has 2 aromatic heterocycles. The second kappa shape index (κ2) is 5.55. The Hall–Kier alpha value is -2.64. The molecule has 106 valence electrons. The van der Waals surface area contributed by atoms with Crippen LogP contribution in [0.25, 0.3) is 0 Å². The molecule has 0 fully saturated rings. The molecule has 0 aliphatic rings. The summed E-state index contributed by atoms with van der Waals surface area (Å²) >= 11 is 0. The molecule has 0 spiro atoms. The third-order valence-electron chi connectivity index (χ3n) is 2.77. The standard InChI is InChI=1S/C12H15N5O3/c1-8-9(5-16(2)15-8)11(18)13-3-4-17-6-10(12(19)20)14-7-17/h5-7H,3-4H2,1-2H3,(H,13,18)(H,19,20). The van der Waals surface area contributed by atoms with E-state index in [0.29, 0.717) is 24.3 Å². The quantitative estimate of drug-likeness (QED) is 0.804. The molecule has 2 aromatic rings. The minimum Gasteiger partial charge on any atom is -0.476 e. The molecule has 0 radical (unpaired) electrons. The molecule has 0 aliphatic carbocycles. The predicted molar refractivity (Wildman–Crippen MR) is 69.5 cm³/mol. The Bertz CT molecular complexity index is 643. The van der Waals surface area contributed by atoms with Gasteiger partial charge in [0.15, 0.2) is 5.69 Å². The molecule has 20 heavy (non-hydrogen) atoms. The van der Waals surface area contributed by atoms with Crippen LogP contribution in [0.3, 0.4) is 0 Å². The maximum Gasteiger partial charge on any atom is 0.356 e. The van der Waals surface area contributed by atoms with Crippen molar-refractivity contribution in [2.75, 3.05) is 6.54 Å². The minimum atomic E-state index is -1.07. The number of aromatic carboxylic acids is 1. The number of aromatic nitrogens is 4. The maximum atomic E-state index is 11.9. The van der Waals surface area contributed by atoms with Crippen molar-refractivity contribution in [2.45, 2.75) is 13.5 Å². The van der Waals surface area contributed by atoms with Crippen LogP contribution < -0.4 is 5.32 Å². The predicted octanol–water partition coefficient (Wildman–Crippen LogP) is 0.0532. The highest BCUT2D eigenvalue weighted by molar-refractivity contribution is 5.94. The fourth-order valence-electron chi connectivity index (χ4n) is 1.81. The summed E-state index contributed by atoms with van der Waals surface area (Å²) in [4.78, 5) is 26.3. The molecule has 1 amide bonds. The summed E-state index contributed by atoms with van der Waals surface area (Å²) in [5.74, 6) is -1.27. The Balaban J connectivity index is 1.87. The molecule has 0 saturated carbocycles. The van der Waals surface area contributed by atoms with Gasteiger partial charge in [0.25, 0.3) is 5.91 Å². The Kier molecular flexibility index (Phi) is 3.83. The molecule has 0 unspecified atom stereocenters. The highest BCUT2D eigenvalue weighted by Gasteiger charge is 2.12. The van der Waals surface area contributed by atoms with Crippen molar-refractivity contribution in [3.05, 3.63) is 35.7 Å². The van der Waals surface area contributed by atoms with Crippen molar-refractivity contribution in [3.63, 3.8) is 0 Å². The van der Waals surface area contributed by atoms with Crippen LogP contribution in [-0.4, -0.2) is 42.9 Å². The van der Waals surface area contributed by atoms with Crippen LogP contribution in [0.2, 0.25) is 0 Å². The summed E-state index contributed by atoms with van der Waals surface area (Å²) in [6.45, 7) is 2.60. The number of amides is 1. The highest BCUT2D eigenvalue weighted by atomic mass is 16.4. The molecular formula is C12H15N5O3. The largest absolute Gasteiger partial charge is 0.476 e. The van der Waals surface area contributed by atoms with Gasteiger partial charge in [-0.25, -0.2) is 9.78 Å². The number of carboxylic acid groups (broad SMARTS) is 1. The van der Waals surface area contributed by atoms with Gasteiger partial charge in [-0.2, -0.15) is 5.10 Å². The minimum absolute atomic E-state index is 0.0144. The molecule has 0 aliphatic heterocycles. The van der Waals surface area contributed by atoms with E-state index in [-0.39, 0.29) is 11.6 Å². The normalized spacial score (nSPS) is 10.5. The highest BCUT2D eigenvalue weighted by Crippen LogP contribution is 2.04. The van der Waals surface area contributed by atoms with E-state index in [1.54, 1.807) is 29.4 Å². The lowest BCUT2D eigenvalue weighted by atomic mass is 10.2. The lowest BCUT2D eigenvalue weighted by molar-refractivity contribution is 0.0690. The van der Waals surface area contributed by atoms with E-state index in [2.05, 4.69) is 15.4 Å². The van der Waals surface area contributed by atoms with Crippen molar-refractivity contribution < 1.29 is 14.7 Å². The van der Waals surface area contributed by atoms with E-state index in [0.717, 1.165) is 0 Å². The van der Waals surface area contributed by atoms with Crippen molar-refractivity contribution in [3.8, 4) is 0 Å². The summed E-state index contributed by atoms with van der Waals surface area (Å²) in [5, 5.41) is 15.6. The molecule has 2 N–H and O–H groups in total. The second-order valence-electron chi connectivity index (χ2n) is 4.36. The Morgan fingerprint density at radius 1 is 1.40 bits per heavy atom. The molecule has 8 nitrogen and oxygen atoms in total. The molecule has 8 heteroatoms. The van der Waals surface area contributed by atoms with Gasteiger partial charge in [0.2, 0.25) is 0 Å². The van der Waals surface area contributed by atoms with Gasteiger partial charge >= 0.3 is 5.97 Å². The van der Waals surface area contributed by atoms with Crippen molar-refractivity contribution >= 4 is 11.9 Å². The average molecular weight is 277 g/mol. The number of carbonyl (C=O) groups is 2. The monoisotopic (exact) mass is 277 g/mol. The van der Waals surface area contributed by atoms with Gasteiger partial charge in [0, 0.05) is 32.5 Å². The third kappa shape index (κ3) is 3.02. The number of nitrogens with one attached hydrogen (secondary N) is 1. The zero-order valence-electron chi connectivity index (χ0n) is 11.2. The topological polar surface area (TPSA) is 102 Å². The van der Waals surface area contributed by atoms with Crippen LogP contribution in [0.5, 0.6) is 0 Å². The number of hydrogen-bond acceptors (Lipinski definition) is 4. The number of nitrogens with zero attached hydrogens (tertiary/aromatic N) is 4. The molecule has 2 rings (SSSR count). The van der Waals surface area contributed by atoms with Crippen LogP contribution in [0.1, 0.15) is 26.5 Å². The van der Waals surface area contributed by atoms with Gasteiger partial charge < -0.3 is 15.0 Å². The van der Waals surface area contributed by atoms with E-state index in [4.69, 9.17) is 5.11 Å². The van der Waals surface area contributed by atoms with Crippen molar-refractivity contribution in [1.82, 2.24) is 24.6 Å². The molecule has 0 saturated heterocycles. The molecule has 2 heterocycles. The van der Waals surface area contributed by atoms with E-state index in [1.807, 2.05) is 0 Å². The fourth-order valence-corrected chi connectivity index (χ4v) is 1.81.